The normalized spacial score (nSPS) is 12.5. The molecule has 0 spiro atoms. The Morgan fingerprint density at radius 2 is 1.73 bits per heavy atom. The maximum absolute atomic E-state index is 11.0. The van der Waals surface area contributed by atoms with Crippen LogP contribution in [0.1, 0.15) is 31.1 Å². The van der Waals surface area contributed by atoms with E-state index in [4.69, 9.17) is 9.47 Å². The molecule has 0 aliphatic carbocycles. The molecule has 2 rings (SSSR count). The van der Waals surface area contributed by atoms with Gasteiger partial charge in [0.25, 0.3) is 0 Å². The van der Waals surface area contributed by atoms with Crippen LogP contribution in [0.5, 0.6) is 11.5 Å². The third-order valence-electron chi connectivity index (χ3n) is 1.95. The Balaban J connectivity index is 0.000000531. The third kappa shape index (κ3) is 2.72. The van der Waals surface area contributed by atoms with Crippen molar-refractivity contribution in [1.29, 1.82) is 0 Å². The molecular formula is C12H16O3. The SMILES string of the molecule is CC.CC(=O)c1ccc2c(c1)OCCO2. The molecule has 1 aliphatic rings. The molecule has 0 bridgehead atoms. The number of hydrogen-bond donors (Lipinski definition) is 0. The molecule has 0 saturated carbocycles. The molecule has 3 heteroatoms. The lowest BCUT2D eigenvalue weighted by Gasteiger charge is -2.18. The fraction of sp³-hybridized carbons (Fsp3) is 0.417. The summed E-state index contributed by atoms with van der Waals surface area (Å²) in [5.74, 6) is 1.42. The van der Waals surface area contributed by atoms with Crippen LogP contribution in [-0.4, -0.2) is 19.0 Å². The highest BCUT2D eigenvalue weighted by Crippen LogP contribution is 2.30. The smallest absolute Gasteiger partial charge is 0.162 e. The second-order valence-corrected chi connectivity index (χ2v) is 2.91. The van der Waals surface area contributed by atoms with Crippen molar-refractivity contribution in [3.8, 4) is 11.5 Å². The molecule has 0 N–H and O–H groups in total. The van der Waals surface area contributed by atoms with Crippen molar-refractivity contribution >= 4 is 5.78 Å². The van der Waals surface area contributed by atoms with E-state index in [2.05, 4.69) is 0 Å². The first-order chi connectivity index (χ1) is 7.27. The molecular weight excluding hydrogens is 192 g/mol. The number of hydrogen-bond acceptors (Lipinski definition) is 3. The lowest BCUT2D eigenvalue weighted by molar-refractivity contribution is 0.101. The summed E-state index contributed by atoms with van der Waals surface area (Å²) in [5, 5.41) is 0. The molecule has 0 amide bonds. The van der Waals surface area contributed by atoms with Gasteiger partial charge in [-0.3, -0.25) is 4.79 Å². The number of benzene rings is 1. The lowest BCUT2D eigenvalue weighted by Crippen LogP contribution is -2.15. The van der Waals surface area contributed by atoms with E-state index in [-0.39, 0.29) is 5.78 Å². The first-order valence-electron chi connectivity index (χ1n) is 5.18. The summed E-state index contributed by atoms with van der Waals surface area (Å²) in [6.45, 7) is 6.66. The van der Waals surface area contributed by atoms with Crippen molar-refractivity contribution in [2.75, 3.05) is 13.2 Å². The molecule has 1 aromatic rings. The van der Waals surface area contributed by atoms with Crippen LogP contribution in [0.15, 0.2) is 18.2 Å². The van der Waals surface area contributed by atoms with Gasteiger partial charge in [-0.05, 0) is 25.1 Å². The van der Waals surface area contributed by atoms with Gasteiger partial charge in [-0.1, -0.05) is 13.8 Å². The molecule has 0 fully saturated rings. The number of carbonyl (C=O) groups is 1. The van der Waals surface area contributed by atoms with E-state index in [9.17, 15) is 4.79 Å². The zero-order chi connectivity index (χ0) is 11.3. The molecule has 0 radical (unpaired) electrons. The maximum atomic E-state index is 11.0. The number of fused-ring (bicyclic) bond motifs is 1. The third-order valence-corrected chi connectivity index (χ3v) is 1.95. The van der Waals surface area contributed by atoms with Gasteiger partial charge in [0.1, 0.15) is 13.2 Å². The molecule has 1 heterocycles. The standard InChI is InChI=1S/C10H10O3.C2H6/c1-7(11)8-2-3-9-10(6-8)13-5-4-12-9;1-2/h2-3,6H,4-5H2,1H3;1-2H3. The van der Waals surface area contributed by atoms with Crippen LogP contribution in [0.25, 0.3) is 0 Å². The molecule has 1 aromatic carbocycles. The van der Waals surface area contributed by atoms with Crippen LogP contribution in [0.3, 0.4) is 0 Å². The van der Waals surface area contributed by atoms with E-state index in [1.54, 1.807) is 18.2 Å². The van der Waals surface area contributed by atoms with Gasteiger partial charge in [0, 0.05) is 5.56 Å². The highest BCUT2D eigenvalue weighted by Gasteiger charge is 2.12. The van der Waals surface area contributed by atoms with Gasteiger partial charge in [0.15, 0.2) is 17.3 Å². The van der Waals surface area contributed by atoms with Crippen molar-refractivity contribution in [3.63, 3.8) is 0 Å². The molecule has 1 aliphatic heterocycles. The maximum Gasteiger partial charge on any atom is 0.162 e. The zero-order valence-electron chi connectivity index (χ0n) is 9.37. The molecule has 0 aromatic heterocycles. The van der Waals surface area contributed by atoms with E-state index >= 15 is 0 Å². The summed E-state index contributed by atoms with van der Waals surface area (Å²) in [5.41, 5.74) is 0.657. The summed E-state index contributed by atoms with van der Waals surface area (Å²) in [4.78, 5) is 11.0. The number of rotatable bonds is 1. The monoisotopic (exact) mass is 208 g/mol. The minimum atomic E-state index is 0.0389. The fourth-order valence-electron chi connectivity index (χ4n) is 1.26. The minimum Gasteiger partial charge on any atom is -0.486 e. The van der Waals surface area contributed by atoms with E-state index in [0.717, 1.165) is 5.75 Å². The number of Topliss-reactive ketones (excluding diaryl/α,β-unsaturated/α-hetero) is 1. The van der Waals surface area contributed by atoms with Crippen molar-refractivity contribution in [3.05, 3.63) is 23.8 Å². The number of carbonyl (C=O) groups excluding carboxylic acids is 1. The van der Waals surface area contributed by atoms with Crippen LogP contribution >= 0.6 is 0 Å². The summed E-state index contributed by atoms with van der Waals surface area (Å²) < 4.78 is 10.7. The highest BCUT2D eigenvalue weighted by atomic mass is 16.6. The summed E-state index contributed by atoms with van der Waals surface area (Å²) in [6.07, 6.45) is 0. The van der Waals surface area contributed by atoms with Crippen LogP contribution < -0.4 is 9.47 Å². The van der Waals surface area contributed by atoms with Crippen LogP contribution in [0.2, 0.25) is 0 Å². The Hall–Kier alpha value is -1.51. The van der Waals surface area contributed by atoms with Crippen molar-refractivity contribution in [2.45, 2.75) is 20.8 Å². The predicted molar refractivity (Wildman–Crippen MR) is 58.8 cm³/mol. The Morgan fingerprint density at radius 3 is 2.33 bits per heavy atom. The molecule has 0 atom stereocenters. The summed E-state index contributed by atoms with van der Waals surface area (Å²) in [6, 6.07) is 5.23. The Morgan fingerprint density at radius 1 is 1.13 bits per heavy atom. The van der Waals surface area contributed by atoms with Gasteiger partial charge >= 0.3 is 0 Å². The van der Waals surface area contributed by atoms with Crippen molar-refractivity contribution < 1.29 is 14.3 Å². The van der Waals surface area contributed by atoms with E-state index in [1.165, 1.54) is 6.92 Å². The van der Waals surface area contributed by atoms with E-state index in [0.29, 0.717) is 24.5 Å². The van der Waals surface area contributed by atoms with Crippen molar-refractivity contribution in [1.82, 2.24) is 0 Å². The predicted octanol–water partition coefficient (Wildman–Crippen LogP) is 2.69. The van der Waals surface area contributed by atoms with Gasteiger partial charge < -0.3 is 9.47 Å². The second kappa shape index (κ2) is 5.39. The second-order valence-electron chi connectivity index (χ2n) is 2.91. The van der Waals surface area contributed by atoms with E-state index in [1.807, 2.05) is 13.8 Å². The average Bonchev–Trinajstić information content (AvgIpc) is 2.31. The number of ether oxygens (including phenoxy) is 2. The topological polar surface area (TPSA) is 35.5 Å². The van der Waals surface area contributed by atoms with Crippen LogP contribution in [-0.2, 0) is 0 Å². The first-order valence-corrected chi connectivity index (χ1v) is 5.18. The molecule has 82 valence electrons. The number of ketones is 1. The average molecular weight is 208 g/mol. The zero-order valence-corrected chi connectivity index (χ0v) is 9.37. The van der Waals surface area contributed by atoms with Gasteiger partial charge in [-0.25, -0.2) is 0 Å². The Labute approximate surface area is 90.0 Å². The van der Waals surface area contributed by atoms with E-state index < -0.39 is 0 Å². The van der Waals surface area contributed by atoms with Gasteiger partial charge in [0.2, 0.25) is 0 Å². The largest absolute Gasteiger partial charge is 0.486 e. The van der Waals surface area contributed by atoms with Crippen LogP contribution in [0.4, 0.5) is 0 Å². The Kier molecular flexibility index (Phi) is 4.16. The van der Waals surface area contributed by atoms with Gasteiger partial charge in [-0.15, -0.1) is 0 Å². The molecule has 15 heavy (non-hydrogen) atoms. The quantitative estimate of drug-likeness (QED) is 0.665. The summed E-state index contributed by atoms with van der Waals surface area (Å²) in [7, 11) is 0. The van der Waals surface area contributed by atoms with Gasteiger partial charge in [0.05, 0.1) is 0 Å². The highest BCUT2D eigenvalue weighted by molar-refractivity contribution is 5.94. The fourth-order valence-corrected chi connectivity index (χ4v) is 1.26. The van der Waals surface area contributed by atoms with Crippen LogP contribution in [0, 0.1) is 0 Å². The Bertz CT molecular complexity index is 345. The minimum absolute atomic E-state index is 0.0389. The molecule has 0 unspecified atom stereocenters. The van der Waals surface area contributed by atoms with Crippen molar-refractivity contribution in [2.24, 2.45) is 0 Å². The first kappa shape index (κ1) is 11.6. The summed E-state index contributed by atoms with van der Waals surface area (Å²) >= 11 is 0. The van der Waals surface area contributed by atoms with Gasteiger partial charge in [-0.2, -0.15) is 0 Å². The molecule has 0 saturated heterocycles. The lowest BCUT2D eigenvalue weighted by atomic mass is 10.1. The molecule has 3 nitrogen and oxygen atoms in total.